The molecule has 0 aliphatic heterocycles. The van der Waals surface area contributed by atoms with Crippen molar-refractivity contribution in [3.8, 4) is 0 Å². The van der Waals surface area contributed by atoms with Gasteiger partial charge in [-0.3, -0.25) is 0 Å². The van der Waals surface area contributed by atoms with Crippen LogP contribution in [0.5, 0.6) is 0 Å². The summed E-state index contributed by atoms with van der Waals surface area (Å²) in [4.78, 5) is 10.2. The summed E-state index contributed by atoms with van der Waals surface area (Å²) in [5.41, 5.74) is 0. The van der Waals surface area contributed by atoms with Crippen molar-refractivity contribution in [2.75, 3.05) is 0 Å². The minimum atomic E-state index is -0.995. The van der Waals surface area contributed by atoms with E-state index in [4.69, 9.17) is 0 Å². The summed E-state index contributed by atoms with van der Waals surface area (Å²) in [6.45, 7) is 1.95. The Labute approximate surface area is 62.7 Å². The van der Waals surface area contributed by atoms with Gasteiger partial charge in [0.15, 0.2) is 0 Å². The maximum absolute atomic E-state index is 10.2. The fourth-order valence-corrected chi connectivity index (χ4v) is 2.55. The summed E-state index contributed by atoms with van der Waals surface area (Å²) in [6, 6.07) is 3.50. The summed E-state index contributed by atoms with van der Waals surface area (Å²) in [6.07, 6.45) is 0. The first-order valence-corrected chi connectivity index (χ1v) is 4.81. The van der Waals surface area contributed by atoms with Crippen LogP contribution in [0.3, 0.4) is 0 Å². The van der Waals surface area contributed by atoms with E-state index >= 15 is 0 Å². The van der Waals surface area contributed by atoms with Crippen molar-refractivity contribution in [2.24, 2.45) is 0 Å². The molecular weight excluding hydrogens is 232 g/mol. The van der Waals surface area contributed by atoms with Crippen molar-refractivity contribution >= 4 is 26.4 Å². The van der Waals surface area contributed by atoms with Gasteiger partial charge in [-0.25, -0.2) is 0 Å². The normalized spacial score (nSPS) is 9.44. The van der Waals surface area contributed by atoms with Gasteiger partial charge < -0.3 is 0 Å². The predicted molar refractivity (Wildman–Crippen MR) is 32.4 cm³/mol. The zero-order valence-corrected chi connectivity index (χ0v) is 7.21. The molecule has 0 amide bonds. The van der Waals surface area contributed by atoms with Crippen LogP contribution in [0.25, 0.3) is 0 Å². The first-order chi connectivity index (χ1) is 4.20. The molecule has 0 saturated carbocycles. The molecule has 0 fully saturated rings. The molecule has 0 radical (unpaired) electrons. The summed E-state index contributed by atoms with van der Waals surface area (Å²) in [5, 5.41) is 10.2. The molecule has 1 rings (SSSR count). The minimum absolute atomic E-state index is 0.512. The Bertz CT molecular complexity index is 227. The van der Waals surface area contributed by atoms with Crippen LogP contribution < -0.4 is 5.11 Å². The maximum atomic E-state index is 10.2. The third-order valence-corrected chi connectivity index (χ3v) is 3.74. The molecule has 0 spiro atoms. The van der Waals surface area contributed by atoms with Gasteiger partial charge in [0.1, 0.15) is 0 Å². The van der Waals surface area contributed by atoms with Crippen molar-refractivity contribution in [1.29, 1.82) is 0 Å². The van der Waals surface area contributed by atoms with E-state index in [-0.39, 0.29) is 0 Å². The van der Waals surface area contributed by atoms with E-state index in [2.05, 4.69) is 0 Å². The van der Waals surface area contributed by atoms with Crippen molar-refractivity contribution < 1.29 is 9.90 Å². The van der Waals surface area contributed by atoms with Crippen LogP contribution in [-0.2, 0) is 0 Å². The fourth-order valence-electron chi connectivity index (χ4n) is 0.544. The van der Waals surface area contributed by atoms with E-state index in [1.54, 1.807) is 6.07 Å². The van der Waals surface area contributed by atoms with Gasteiger partial charge in [0, 0.05) is 0 Å². The third-order valence-electron chi connectivity index (χ3n) is 0.942. The van der Waals surface area contributed by atoms with Crippen molar-refractivity contribution in [2.45, 2.75) is 6.92 Å². The van der Waals surface area contributed by atoms with Crippen LogP contribution in [0, 0.1) is 6.92 Å². The zero-order chi connectivity index (χ0) is 6.85. The second kappa shape index (κ2) is 2.55. The summed E-state index contributed by atoms with van der Waals surface area (Å²) in [7, 11) is 0. The number of carboxylic acid groups (broad SMARTS) is 1. The van der Waals surface area contributed by atoms with E-state index in [1.165, 1.54) is 3.58 Å². The van der Waals surface area contributed by atoms with Gasteiger partial charge in [-0.15, -0.1) is 0 Å². The number of carbonyl (C=O) groups is 1. The molecule has 0 N–H and O–H groups in total. The number of rotatable bonds is 1. The van der Waals surface area contributed by atoms with Gasteiger partial charge in [-0.05, 0) is 0 Å². The summed E-state index contributed by atoms with van der Waals surface area (Å²) in [5.74, 6) is -0.995. The topological polar surface area (TPSA) is 40.1 Å². The number of carbonyl (C=O) groups excluding carboxylic acids is 1. The van der Waals surface area contributed by atoms with Gasteiger partial charge in [-0.1, -0.05) is 0 Å². The first-order valence-electron chi connectivity index (χ1n) is 2.48. The Kier molecular flexibility index (Phi) is 1.94. The quantitative estimate of drug-likeness (QED) is 0.612. The Hall–Kier alpha value is -0.260. The number of hydrogen-bond donors (Lipinski definition) is 0. The predicted octanol–water partition coefficient (Wildman–Crippen LogP) is -0.584. The third kappa shape index (κ3) is 1.57. The molecule has 0 aliphatic rings. The van der Waals surface area contributed by atoms with Gasteiger partial charge in [-0.2, -0.15) is 0 Å². The Morgan fingerprint density at radius 3 is 2.56 bits per heavy atom. The summed E-state index contributed by atoms with van der Waals surface area (Å²) >= 11 is -0.532. The molecule has 0 bridgehead atoms. The molecule has 3 heteroatoms. The molecule has 0 unspecified atom stereocenters. The zero-order valence-electron chi connectivity index (χ0n) is 4.88. The molecule has 1 heterocycles. The summed E-state index contributed by atoms with van der Waals surface area (Å²) < 4.78 is 1.72. The van der Waals surface area contributed by atoms with Crippen LogP contribution in [0.4, 0.5) is 0 Å². The van der Waals surface area contributed by atoms with Crippen LogP contribution in [0.2, 0.25) is 0 Å². The van der Waals surface area contributed by atoms with E-state index in [0.717, 1.165) is 0 Å². The van der Waals surface area contributed by atoms with Crippen molar-refractivity contribution in [3.05, 3.63) is 19.3 Å². The van der Waals surface area contributed by atoms with Gasteiger partial charge >= 0.3 is 62.5 Å². The molecule has 1 aromatic rings. The second-order valence-electron chi connectivity index (χ2n) is 1.70. The molecule has 0 aromatic carbocycles. The van der Waals surface area contributed by atoms with E-state index in [9.17, 15) is 9.90 Å². The van der Waals surface area contributed by atoms with Crippen LogP contribution in [0.1, 0.15) is 12.0 Å². The van der Waals surface area contributed by atoms with Gasteiger partial charge in [0.05, 0.1) is 0 Å². The molecule has 2 nitrogen and oxygen atoms in total. The van der Waals surface area contributed by atoms with Crippen molar-refractivity contribution in [3.63, 3.8) is 0 Å². The molecule has 0 aliphatic carbocycles. The average Bonchev–Trinajstić information content (AvgIpc) is 2.14. The average molecular weight is 237 g/mol. The van der Waals surface area contributed by atoms with E-state index in [0.29, 0.717) is 3.58 Å². The molecule has 0 atom stereocenters. The van der Waals surface area contributed by atoms with Crippen LogP contribution in [-0.4, -0.2) is 26.4 Å². The second-order valence-corrected chi connectivity index (χ2v) is 5.37. The Morgan fingerprint density at radius 2 is 2.33 bits per heavy atom. The van der Waals surface area contributed by atoms with E-state index in [1.807, 2.05) is 13.0 Å². The van der Waals surface area contributed by atoms with Gasteiger partial charge in [0.2, 0.25) is 0 Å². The molecular formula is C6H5O2Te-. The van der Waals surface area contributed by atoms with Crippen molar-refractivity contribution in [1.82, 2.24) is 0 Å². The number of hydrogen-bond acceptors (Lipinski definition) is 2. The Morgan fingerprint density at radius 1 is 1.67 bits per heavy atom. The van der Waals surface area contributed by atoms with Crippen LogP contribution >= 0.6 is 0 Å². The Balaban J connectivity index is 2.98. The molecule has 1 aromatic heterocycles. The van der Waals surface area contributed by atoms with Crippen LogP contribution in [0.15, 0.2) is 12.1 Å². The number of carboxylic acids is 1. The monoisotopic (exact) mass is 239 g/mol. The standard InChI is InChI=1S/C6H6O2Te/c1-4-2-3-5(9-4)6(7)8/h2-3H,1H3,(H,7,8)/p-1. The first kappa shape index (κ1) is 6.85. The molecule has 9 heavy (non-hydrogen) atoms. The van der Waals surface area contributed by atoms with Gasteiger partial charge in [0.25, 0.3) is 0 Å². The number of aromatic carboxylic acids is 1. The number of aryl methyl sites for hydroxylation is 1. The fraction of sp³-hybridized carbons (Fsp3) is 0.167. The van der Waals surface area contributed by atoms with E-state index < -0.39 is 26.4 Å². The SMILES string of the molecule is Cc1ccc(C(=O)[O-])[te]1. The molecule has 48 valence electrons. The molecule has 0 saturated heterocycles.